The highest BCUT2D eigenvalue weighted by molar-refractivity contribution is 5.76. The second-order valence-corrected chi connectivity index (χ2v) is 4.85. The molecule has 1 aliphatic heterocycles. The van der Waals surface area contributed by atoms with Gasteiger partial charge in [-0.25, -0.2) is 0 Å². The minimum atomic E-state index is -0.0483. The standard InChI is InChI=1S/C12H20N4O/c1-9(13)8-12(17)16-6-3-10(4-7-16)11-2-5-14-15-11/h2,5,9-10H,3-4,6-8,13H2,1H3,(H,14,15). The van der Waals surface area contributed by atoms with Gasteiger partial charge in [0, 0.05) is 43.4 Å². The number of hydrogen-bond acceptors (Lipinski definition) is 3. The van der Waals surface area contributed by atoms with Crippen molar-refractivity contribution in [3.63, 3.8) is 0 Å². The van der Waals surface area contributed by atoms with Crippen LogP contribution >= 0.6 is 0 Å². The number of nitrogens with one attached hydrogen (secondary N) is 1. The number of likely N-dealkylation sites (tertiary alicyclic amines) is 1. The Labute approximate surface area is 101 Å². The summed E-state index contributed by atoms with van der Waals surface area (Å²) in [5.74, 6) is 0.694. The summed E-state index contributed by atoms with van der Waals surface area (Å²) in [6.45, 7) is 3.53. The molecule has 1 fully saturated rings. The van der Waals surface area contributed by atoms with Gasteiger partial charge < -0.3 is 10.6 Å². The maximum atomic E-state index is 11.8. The Hall–Kier alpha value is -1.36. The average molecular weight is 236 g/mol. The highest BCUT2D eigenvalue weighted by Gasteiger charge is 2.24. The van der Waals surface area contributed by atoms with Crippen molar-refractivity contribution in [3.05, 3.63) is 18.0 Å². The van der Waals surface area contributed by atoms with Crippen molar-refractivity contribution in [1.82, 2.24) is 15.1 Å². The van der Waals surface area contributed by atoms with Gasteiger partial charge in [-0.2, -0.15) is 5.10 Å². The van der Waals surface area contributed by atoms with Crippen LogP contribution < -0.4 is 5.73 Å². The van der Waals surface area contributed by atoms with Crippen molar-refractivity contribution in [3.8, 4) is 0 Å². The van der Waals surface area contributed by atoms with E-state index in [2.05, 4.69) is 10.2 Å². The Balaban J connectivity index is 1.84. The molecular weight excluding hydrogens is 216 g/mol. The summed E-state index contributed by atoms with van der Waals surface area (Å²) in [5.41, 5.74) is 6.83. The van der Waals surface area contributed by atoms with Gasteiger partial charge in [0.25, 0.3) is 0 Å². The van der Waals surface area contributed by atoms with Crippen LogP contribution in [0.2, 0.25) is 0 Å². The van der Waals surface area contributed by atoms with Gasteiger partial charge in [0.2, 0.25) is 5.91 Å². The zero-order chi connectivity index (χ0) is 12.3. The van der Waals surface area contributed by atoms with Crippen LogP contribution in [-0.4, -0.2) is 40.1 Å². The quantitative estimate of drug-likeness (QED) is 0.817. The molecule has 94 valence electrons. The molecule has 2 rings (SSSR count). The van der Waals surface area contributed by atoms with E-state index >= 15 is 0 Å². The minimum absolute atomic E-state index is 0.0483. The lowest BCUT2D eigenvalue weighted by atomic mass is 9.93. The van der Waals surface area contributed by atoms with E-state index in [1.807, 2.05) is 17.9 Å². The van der Waals surface area contributed by atoms with Crippen molar-refractivity contribution >= 4 is 5.91 Å². The number of nitrogens with zero attached hydrogens (tertiary/aromatic N) is 2. The lowest BCUT2D eigenvalue weighted by Crippen LogP contribution is -2.40. The first-order valence-corrected chi connectivity index (χ1v) is 6.19. The average Bonchev–Trinajstić information content (AvgIpc) is 2.82. The molecule has 1 aliphatic rings. The summed E-state index contributed by atoms with van der Waals surface area (Å²) >= 11 is 0. The molecule has 0 bridgehead atoms. The molecular formula is C12H20N4O. The number of hydrogen-bond donors (Lipinski definition) is 2. The second kappa shape index (κ2) is 5.31. The van der Waals surface area contributed by atoms with Gasteiger partial charge in [-0.1, -0.05) is 0 Å². The zero-order valence-electron chi connectivity index (χ0n) is 10.2. The molecule has 17 heavy (non-hydrogen) atoms. The van der Waals surface area contributed by atoms with Gasteiger partial charge >= 0.3 is 0 Å². The number of rotatable bonds is 3. The van der Waals surface area contributed by atoms with Gasteiger partial charge in [0.1, 0.15) is 0 Å². The molecule has 2 heterocycles. The Kier molecular flexibility index (Phi) is 3.78. The van der Waals surface area contributed by atoms with Crippen molar-refractivity contribution in [1.29, 1.82) is 0 Å². The van der Waals surface area contributed by atoms with Gasteiger partial charge in [0.05, 0.1) is 0 Å². The van der Waals surface area contributed by atoms with Crippen LogP contribution in [0.5, 0.6) is 0 Å². The van der Waals surface area contributed by atoms with E-state index in [4.69, 9.17) is 5.73 Å². The third-order valence-corrected chi connectivity index (χ3v) is 3.31. The van der Waals surface area contributed by atoms with E-state index in [-0.39, 0.29) is 11.9 Å². The number of piperidine rings is 1. The molecule has 0 spiro atoms. The zero-order valence-corrected chi connectivity index (χ0v) is 10.2. The fraction of sp³-hybridized carbons (Fsp3) is 0.667. The largest absolute Gasteiger partial charge is 0.343 e. The predicted octanol–water partition coefficient (Wildman–Crippen LogP) is 0.853. The number of carbonyl (C=O) groups is 1. The molecule has 1 aromatic rings. The van der Waals surface area contributed by atoms with E-state index < -0.39 is 0 Å². The third-order valence-electron chi connectivity index (χ3n) is 3.31. The molecule has 1 aromatic heterocycles. The highest BCUT2D eigenvalue weighted by Crippen LogP contribution is 2.26. The monoisotopic (exact) mass is 236 g/mol. The SMILES string of the molecule is CC(N)CC(=O)N1CCC(c2ccn[nH]2)CC1. The molecule has 1 atom stereocenters. The first-order chi connectivity index (χ1) is 8.16. The first-order valence-electron chi connectivity index (χ1n) is 6.19. The Bertz CT molecular complexity index is 353. The van der Waals surface area contributed by atoms with Crippen molar-refractivity contribution in [2.24, 2.45) is 5.73 Å². The molecule has 1 amide bonds. The second-order valence-electron chi connectivity index (χ2n) is 4.85. The summed E-state index contributed by atoms with van der Waals surface area (Å²) in [7, 11) is 0. The summed E-state index contributed by atoms with van der Waals surface area (Å²) in [6, 6.07) is 1.97. The number of amides is 1. The smallest absolute Gasteiger partial charge is 0.224 e. The fourth-order valence-electron chi connectivity index (χ4n) is 2.34. The molecule has 5 heteroatoms. The van der Waals surface area contributed by atoms with Crippen molar-refractivity contribution < 1.29 is 4.79 Å². The normalized spacial score (nSPS) is 19.3. The van der Waals surface area contributed by atoms with Crippen LogP contribution in [-0.2, 0) is 4.79 Å². The van der Waals surface area contributed by atoms with Crippen LogP contribution in [0, 0.1) is 0 Å². The number of aromatic amines is 1. The first kappa shape index (κ1) is 12.1. The fourth-order valence-corrected chi connectivity index (χ4v) is 2.34. The lowest BCUT2D eigenvalue weighted by molar-refractivity contribution is -0.132. The maximum Gasteiger partial charge on any atom is 0.224 e. The highest BCUT2D eigenvalue weighted by atomic mass is 16.2. The van der Waals surface area contributed by atoms with Gasteiger partial charge in [-0.05, 0) is 25.8 Å². The summed E-state index contributed by atoms with van der Waals surface area (Å²) in [6.07, 6.45) is 4.25. The van der Waals surface area contributed by atoms with Gasteiger partial charge in [-0.3, -0.25) is 9.89 Å². The van der Waals surface area contributed by atoms with E-state index in [1.165, 1.54) is 5.69 Å². The lowest BCUT2D eigenvalue weighted by Gasteiger charge is -2.32. The molecule has 0 saturated carbocycles. The van der Waals surface area contributed by atoms with Gasteiger partial charge in [-0.15, -0.1) is 0 Å². The van der Waals surface area contributed by atoms with E-state index in [0.29, 0.717) is 12.3 Å². The molecule has 1 unspecified atom stereocenters. The van der Waals surface area contributed by atoms with Crippen LogP contribution in [0.25, 0.3) is 0 Å². The summed E-state index contributed by atoms with van der Waals surface area (Å²) < 4.78 is 0. The minimum Gasteiger partial charge on any atom is -0.343 e. The summed E-state index contributed by atoms with van der Waals surface area (Å²) in [4.78, 5) is 13.8. The van der Waals surface area contributed by atoms with Crippen LogP contribution in [0.4, 0.5) is 0 Å². The number of H-pyrrole nitrogens is 1. The molecule has 0 aromatic carbocycles. The van der Waals surface area contributed by atoms with Crippen molar-refractivity contribution in [2.45, 2.75) is 38.1 Å². The number of nitrogens with two attached hydrogens (primary N) is 1. The molecule has 0 radical (unpaired) electrons. The van der Waals surface area contributed by atoms with Crippen LogP contribution in [0.3, 0.4) is 0 Å². The number of aromatic nitrogens is 2. The number of carbonyl (C=O) groups excluding carboxylic acids is 1. The molecule has 3 N–H and O–H groups in total. The molecule has 0 aliphatic carbocycles. The topological polar surface area (TPSA) is 75.0 Å². The van der Waals surface area contributed by atoms with Crippen LogP contribution in [0.15, 0.2) is 12.3 Å². The third kappa shape index (κ3) is 3.06. The van der Waals surface area contributed by atoms with Crippen molar-refractivity contribution in [2.75, 3.05) is 13.1 Å². The van der Waals surface area contributed by atoms with Gasteiger partial charge in [0.15, 0.2) is 0 Å². The van der Waals surface area contributed by atoms with Crippen LogP contribution in [0.1, 0.15) is 37.8 Å². The molecule has 5 nitrogen and oxygen atoms in total. The Morgan fingerprint density at radius 1 is 1.65 bits per heavy atom. The predicted molar refractivity (Wildman–Crippen MR) is 65.4 cm³/mol. The van der Waals surface area contributed by atoms with E-state index in [0.717, 1.165) is 25.9 Å². The Morgan fingerprint density at radius 3 is 2.88 bits per heavy atom. The summed E-state index contributed by atoms with van der Waals surface area (Å²) in [5, 5.41) is 6.98. The Morgan fingerprint density at radius 2 is 2.35 bits per heavy atom. The van der Waals surface area contributed by atoms with E-state index in [9.17, 15) is 4.79 Å². The van der Waals surface area contributed by atoms with E-state index in [1.54, 1.807) is 6.20 Å². The maximum absolute atomic E-state index is 11.8. The molecule has 1 saturated heterocycles.